The Balaban J connectivity index is 1.77. The van der Waals surface area contributed by atoms with Gasteiger partial charge in [0.2, 0.25) is 0 Å². The summed E-state index contributed by atoms with van der Waals surface area (Å²) in [6.45, 7) is 14.6. The summed E-state index contributed by atoms with van der Waals surface area (Å²) in [4.78, 5) is 2.84. The zero-order valence-electron chi connectivity index (χ0n) is 16.4. The van der Waals surface area contributed by atoms with Crippen LogP contribution in [0.1, 0.15) is 69.8 Å². The quantitative estimate of drug-likeness (QED) is 0.666. The van der Waals surface area contributed by atoms with E-state index < -0.39 is 0 Å². The third-order valence-corrected chi connectivity index (χ3v) is 8.35. The van der Waals surface area contributed by atoms with E-state index in [9.17, 15) is 0 Å². The van der Waals surface area contributed by atoms with Crippen molar-refractivity contribution >= 4 is 11.0 Å². The Bertz CT molecular complexity index is 866. The fraction of sp³-hybridized carbons (Fsp3) is 0.652. The van der Waals surface area contributed by atoms with Gasteiger partial charge in [-0.15, -0.1) is 0 Å². The van der Waals surface area contributed by atoms with Gasteiger partial charge in [-0.25, -0.2) is 0 Å². The predicted octanol–water partition coefficient (Wildman–Crippen LogP) is 5.67. The van der Waals surface area contributed by atoms with Crippen LogP contribution in [0.2, 0.25) is 0 Å². The van der Waals surface area contributed by atoms with E-state index in [1.54, 1.807) is 0 Å². The van der Waals surface area contributed by atoms with Crippen molar-refractivity contribution in [3.8, 4) is 0 Å². The van der Waals surface area contributed by atoms with E-state index in [1.165, 1.54) is 54.6 Å². The van der Waals surface area contributed by atoms with Crippen molar-refractivity contribution in [3.63, 3.8) is 0 Å². The van der Waals surface area contributed by atoms with Crippen LogP contribution in [0, 0.1) is 17.8 Å². The van der Waals surface area contributed by atoms with Crippen molar-refractivity contribution in [2.24, 2.45) is 10.8 Å². The molecule has 1 aromatic carbocycles. The minimum absolute atomic E-state index is 0.216. The third-order valence-electron chi connectivity index (χ3n) is 8.35. The van der Waals surface area contributed by atoms with Gasteiger partial charge in [-0.3, -0.25) is 4.90 Å². The normalized spacial score (nSPS) is 42.4. The van der Waals surface area contributed by atoms with Crippen LogP contribution >= 0.6 is 0 Å². The smallest absolute Gasteiger partial charge is 0.134 e. The number of benzene rings is 1. The molecule has 134 valence electrons. The highest BCUT2D eigenvalue weighted by Gasteiger charge is 2.65. The Morgan fingerprint density at radius 1 is 1.24 bits per heavy atom. The standard InChI is InChI=1S/C23H31NO/c1-6-22(4)13-21(3)12-18-20-16(9-10-24(14-21)23(18,22)5)17-11-15(2)7-8-19(17)25-20/h7-8,11,18H,6,9-10,12-14H2,1-5H3. The molecule has 5 atom stereocenters. The van der Waals surface area contributed by atoms with Gasteiger partial charge in [0.25, 0.3) is 0 Å². The zero-order chi connectivity index (χ0) is 17.6. The Labute approximate surface area is 151 Å². The first-order valence-electron chi connectivity index (χ1n) is 10.1. The third kappa shape index (κ3) is 1.84. The Morgan fingerprint density at radius 2 is 2.04 bits per heavy atom. The molecule has 1 aromatic heterocycles. The van der Waals surface area contributed by atoms with Gasteiger partial charge in [0.1, 0.15) is 11.3 Å². The first-order chi connectivity index (χ1) is 11.8. The van der Waals surface area contributed by atoms with E-state index in [0.29, 0.717) is 16.7 Å². The molecule has 3 fully saturated rings. The van der Waals surface area contributed by atoms with Gasteiger partial charge in [0, 0.05) is 35.5 Å². The molecule has 3 aliphatic heterocycles. The van der Waals surface area contributed by atoms with Crippen molar-refractivity contribution in [3.05, 3.63) is 35.1 Å². The second-order valence-electron chi connectivity index (χ2n) is 9.92. The largest absolute Gasteiger partial charge is 0.460 e. The molecule has 4 aliphatic rings. The number of hydrogen-bond acceptors (Lipinski definition) is 2. The lowest BCUT2D eigenvalue weighted by molar-refractivity contribution is -0.174. The number of furan rings is 1. The first kappa shape index (κ1) is 15.9. The molecule has 5 unspecified atom stereocenters. The Kier molecular flexibility index (Phi) is 3.00. The molecule has 2 aromatic rings. The maximum atomic E-state index is 6.59. The lowest BCUT2D eigenvalue weighted by atomic mass is 9.46. The van der Waals surface area contributed by atoms with Gasteiger partial charge in [-0.05, 0) is 62.5 Å². The molecule has 2 saturated heterocycles. The van der Waals surface area contributed by atoms with E-state index in [1.807, 2.05) is 0 Å². The average molecular weight is 338 g/mol. The lowest BCUT2D eigenvalue weighted by Crippen LogP contribution is -2.71. The molecule has 2 heteroatoms. The molecule has 0 N–H and O–H groups in total. The molecule has 4 heterocycles. The lowest BCUT2D eigenvalue weighted by Gasteiger charge is -2.69. The van der Waals surface area contributed by atoms with Crippen LogP contribution in [0.15, 0.2) is 22.6 Å². The van der Waals surface area contributed by atoms with Crippen molar-refractivity contribution in [1.82, 2.24) is 4.90 Å². The SMILES string of the molecule is CCC1(C)CC2(C)CC3c4oc5ccc(C)cc5c4CCN(C2)C31C. The molecule has 1 aliphatic carbocycles. The van der Waals surface area contributed by atoms with Crippen LogP contribution in [-0.4, -0.2) is 23.5 Å². The summed E-state index contributed by atoms with van der Waals surface area (Å²) < 4.78 is 6.59. The van der Waals surface area contributed by atoms with E-state index >= 15 is 0 Å². The molecule has 25 heavy (non-hydrogen) atoms. The second-order valence-corrected chi connectivity index (χ2v) is 9.92. The molecular weight excluding hydrogens is 306 g/mol. The Morgan fingerprint density at radius 3 is 2.80 bits per heavy atom. The second kappa shape index (κ2) is 4.71. The fourth-order valence-corrected chi connectivity index (χ4v) is 6.86. The van der Waals surface area contributed by atoms with Crippen molar-refractivity contribution in [2.45, 2.75) is 71.8 Å². The number of piperidine rings is 2. The van der Waals surface area contributed by atoms with Crippen molar-refractivity contribution in [2.75, 3.05) is 13.1 Å². The molecule has 0 amide bonds. The number of fused-ring (bicyclic) bond motifs is 4. The summed E-state index contributed by atoms with van der Waals surface area (Å²) in [6.07, 6.45) is 5.02. The first-order valence-corrected chi connectivity index (χ1v) is 10.1. The summed E-state index contributed by atoms with van der Waals surface area (Å²) in [5, 5.41) is 1.37. The summed E-state index contributed by atoms with van der Waals surface area (Å²) in [5.41, 5.74) is 4.93. The molecule has 2 nitrogen and oxygen atoms in total. The van der Waals surface area contributed by atoms with Crippen molar-refractivity contribution in [1.29, 1.82) is 0 Å². The van der Waals surface area contributed by atoms with Crippen LogP contribution in [0.5, 0.6) is 0 Å². The maximum Gasteiger partial charge on any atom is 0.134 e. The van der Waals surface area contributed by atoms with Gasteiger partial charge >= 0.3 is 0 Å². The fourth-order valence-electron chi connectivity index (χ4n) is 6.86. The van der Waals surface area contributed by atoms with E-state index in [2.05, 4.69) is 57.7 Å². The van der Waals surface area contributed by atoms with E-state index in [0.717, 1.165) is 12.0 Å². The molecule has 1 saturated carbocycles. The van der Waals surface area contributed by atoms with Crippen molar-refractivity contribution < 1.29 is 4.42 Å². The predicted molar refractivity (Wildman–Crippen MR) is 103 cm³/mol. The number of nitrogens with zero attached hydrogens (tertiary/aromatic N) is 1. The Hall–Kier alpha value is -1.28. The molecular formula is C23H31NO. The van der Waals surface area contributed by atoms with Crippen LogP contribution < -0.4 is 0 Å². The van der Waals surface area contributed by atoms with Gasteiger partial charge in [-0.2, -0.15) is 0 Å². The average Bonchev–Trinajstić information content (AvgIpc) is 2.88. The monoisotopic (exact) mass is 337 g/mol. The highest BCUT2D eigenvalue weighted by Crippen LogP contribution is 2.67. The van der Waals surface area contributed by atoms with Gasteiger partial charge in [0.15, 0.2) is 0 Å². The highest BCUT2D eigenvalue weighted by molar-refractivity contribution is 5.83. The summed E-state index contributed by atoms with van der Waals surface area (Å²) >= 11 is 0. The van der Waals surface area contributed by atoms with Gasteiger partial charge < -0.3 is 4.42 Å². The minimum Gasteiger partial charge on any atom is -0.460 e. The molecule has 4 bridgehead atoms. The number of hydrogen-bond donors (Lipinski definition) is 0. The zero-order valence-corrected chi connectivity index (χ0v) is 16.4. The summed E-state index contributed by atoms with van der Waals surface area (Å²) in [6, 6.07) is 6.70. The number of aryl methyl sites for hydroxylation is 1. The molecule has 0 radical (unpaired) electrons. The maximum absolute atomic E-state index is 6.59. The molecule has 0 spiro atoms. The highest BCUT2D eigenvalue weighted by atomic mass is 16.3. The topological polar surface area (TPSA) is 16.4 Å². The van der Waals surface area contributed by atoms with Gasteiger partial charge in [0.05, 0.1) is 0 Å². The van der Waals surface area contributed by atoms with Gasteiger partial charge in [-0.1, -0.05) is 32.4 Å². The van der Waals surface area contributed by atoms with E-state index in [-0.39, 0.29) is 5.54 Å². The summed E-state index contributed by atoms with van der Waals surface area (Å²) in [7, 11) is 0. The summed E-state index contributed by atoms with van der Waals surface area (Å²) in [5.74, 6) is 1.84. The number of rotatable bonds is 1. The van der Waals surface area contributed by atoms with E-state index in [4.69, 9.17) is 4.42 Å². The van der Waals surface area contributed by atoms with Crippen LogP contribution in [-0.2, 0) is 6.42 Å². The van der Waals surface area contributed by atoms with Crippen LogP contribution in [0.25, 0.3) is 11.0 Å². The van der Waals surface area contributed by atoms with Crippen LogP contribution in [0.4, 0.5) is 0 Å². The minimum atomic E-state index is 0.216. The molecule has 6 rings (SSSR count). The van der Waals surface area contributed by atoms with Crippen LogP contribution in [0.3, 0.4) is 0 Å².